The predicted molar refractivity (Wildman–Crippen MR) is 98.8 cm³/mol. The second-order valence-electron chi connectivity index (χ2n) is 7.11. The van der Waals surface area contributed by atoms with Crippen LogP contribution in [0.3, 0.4) is 0 Å². The molecular formula is C19H30O4Si. The number of hydrogen-bond acceptors (Lipinski definition) is 4. The van der Waals surface area contributed by atoms with E-state index in [0.717, 1.165) is 19.3 Å². The number of carbonyl (C=O) groups is 2. The fourth-order valence-corrected chi connectivity index (χ4v) is 3.00. The predicted octanol–water partition coefficient (Wildman–Crippen LogP) is 5.19. The fourth-order valence-electron chi connectivity index (χ4n) is 2.34. The Kier molecular flexibility index (Phi) is 8.18. The van der Waals surface area contributed by atoms with Gasteiger partial charge in [-0.1, -0.05) is 38.3 Å². The summed E-state index contributed by atoms with van der Waals surface area (Å²) in [7, 11) is -2.02. The van der Waals surface area contributed by atoms with Gasteiger partial charge in [-0.2, -0.15) is 0 Å². The molecule has 0 spiro atoms. The van der Waals surface area contributed by atoms with Crippen LogP contribution in [0, 0.1) is 0 Å². The first-order chi connectivity index (χ1) is 11.2. The van der Waals surface area contributed by atoms with Crippen LogP contribution in [0.1, 0.15) is 66.7 Å². The van der Waals surface area contributed by atoms with E-state index in [-0.39, 0.29) is 17.2 Å². The van der Waals surface area contributed by atoms with E-state index in [1.807, 2.05) is 26.6 Å². The topological polar surface area (TPSA) is 52.6 Å². The first-order valence-electron chi connectivity index (χ1n) is 8.78. The maximum atomic E-state index is 12.4. The molecule has 5 heteroatoms. The summed E-state index contributed by atoms with van der Waals surface area (Å²) in [6.45, 7) is 9.87. The van der Waals surface area contributed by atoms with Gasteiger partial charge in [-0.15, -0.1) is 0 Å². The first-order valence-corrected chi connectivity index (χ1v) is 12.2. The Morgan fingerprint density at radius 2 is 1.58 bits per heavy atom. The molecule has 0 saturated carbocycles. The molecule has 0 fully saturated rings. The van der Waals surface area contributed by atoms with E-state index in [1.165, 1.54) is 12.8 Å². The number of benzene rings is 1. The quantitative estimate of drug-likeness (QED) is 0.349. The summed E-state index contributed by atoms with van der Waals surface area (Å²) >= 11 is 0. The highest BCUT2D eigenvalue weighted by Gasteiger charge is 2.25. The lowest BCUT2D eigenvalue weighted by Crippen LogP contribution is -2.30. The largest absolute Gasteiger partial charge is 0.516 e. The van der Waals surface area contributed by atoms with Crippen molar-refractivity contribution < 1.29 is 18.8 Å². The summed E-state index contributed by atoms with van der Waals surface area (Å²) in [5.41, 5.74) is 0.560. The number of esters is 1. The molecule has 0 aromatic heterocycles. The van der Waals surface area contributed by atoms with Crippen LogP contribution < -0.4 is 0 Å². The molecule has 4 nitrogen and oxygen atoms in total. The molecule has 134 valence electrons. The smallest absolute Gasteiger partial charge is 0.339 e. The van der Waals surface area contributed by atoms with E-state index < -0.39 is 20.3 Å². The van der Waals surface area contributed by atoms with Gasteiger partial charge >= 0.3 is 11.9 Å². The van der Waals surface area contributed by atoms with E-state index in [2.05, 4.69) is 6.92 Å². The molecule has 0 radical (unpaired) electrons. The van der Waals surface area contributed by atoms with Crippen molar-refractivity contribution in [1.82, 2.24) is 0 Å². The molecule has 1 unspecified atom stereocenters. The molecule has 1 atom stereocenters. The van der Waals surface area contributed by atoms with E-state index in [1.54, 1.807) is 24.3 Å². The van der Waals surface area contributed by atoms with Gasteiger partial charge in [0.1, 0.15) is 0 Å². The van der Waals surface area contributed by atoms with Crippen molar-refractivity contribution in [2.75, 3.05) is 0 Å². The molecule has 0 N–H and O–H groups in total. The Hall–Kier alpha value is -1.62. The Morgan fingerprint density at radius 3 is 2.12 bits per heavy atom. The second-order valence-corrected chi connectivity index (χ2v) is 11.5. The number of carbonyl (C=O) groups excluding carboxylic acids is 2. The zero-order valence-electron chi connectivity index (χ0n) is 15.6. The lowest BCUT2D eigenvalue weighted by molar-refractivity contribution is 0.0314. The van der Waals surface area contributed by atoms with Crippen molar-refractivity contribution >= 4 is 20.3 Å². The minimum absolute atomic E-state index is 0.157. The molecule has 0 saturated heterocycles. The van der Waals surface area contributed by atoms with Gasteiger partial charge in [0, 0.05) is 0 Å². The Balaban J connectivity index is 2.72. The van der Waals surface area contributed by atoms with Gasteiger partial charge in [0.15, 0.2) is 0 Å². The second kappa shape index (κ2) is 9.62. The van der Waals surface area contributed by atoms with Gasteiger partial charge in [0.05, 0.1) is 17.2 Å². The Bertz CT molecular complexity index is 549. The average Bonchev–Trinajstić information content (AvgIpc) is 2.50. The van der Waals surface area contributed by atoms with Crippen molar-refractivity contribution in [2.45, 2.75) is 71.7 Å². The molecule has 0 heterocycles. The number of hydrogen-bond donors (Lipinski definition) is 0. The van der Waals surface area contributed by atoms with E-state index in [9.17, 15) is 9.59 Å². The average molecular weight is 351 g/mol. The van der Waals surface area contributed by atoms with E-state index >= 15 is 0 Å². The van der Waals surface area contributed by atoms with Crippen LogP contribution in [0.5, 0.6) is 0 Å². The molecule has 0 bridgehead atoms. The van der Waals surface area contributed by atoms with Crippen LogP contribution >= 0.6 is 0 Å². The zero-order chi connectivity index (χ0) is 18.2. The third-order valence-electron chi connectivity index (χ3n) is 3.54. The number of ether oxygens (including phenoxy) is 1. The lowest BCUT2D eigenvalue weighted by Gasteiger charge is -2.19. The molecule has 0 aliphatic rings. The molecule has 1 aromatic carbocycles. The monoisotopic (exact) mass is 350 g/mol. The fraction of sp³-hybridized carbons (Fsp3) is 0.579. The highest BCUT2D eigenvalue weighted by molar-refractivity contribution is 6.71. The molecule has 24 heavy (non-hydrogen) atoms. The van der Waals surface area contributed by atoms with Crippen molar-refractivity contribution in [3.05, 3.63) is 35.4 Å². The third kappa shape index (κ3) is 7.30. The number of unbranched alkanes of at least 4 members (excludes halogenated alkanes) is 3. The maximum absolute atomic E-state index is 12.4. The van der Waals surface area contributed by atoms with Gasteiger partial charge in [-0.25, -0.2) is 9.59 Å². The number of rotatable bonds is 9. The van der Waals surface area contributed by atoms with Crippen LogP contribution in [-0.4, -0.2) is 26.4 Å². The normalized spacial score (nSPS) is 12.5. The molecule has 0 aliphatic heterocycles. The summed E-state index contributed by atoms with van der Waals surface area (Å²) in [5.74, 6) is -0.904. The third-order valence-corrected chi connectivity index (χ3v) is 4.34. The molecular weight excluding hydrogens is 320 g/mol. The van der Waals surface area contributed by atoms with Gasteiger partial charge in [0.2, 0.25) is 8.32 Å². The Labute approximate surface area is 146 Å². The summed E-state index contributed by atoms with van der Waals surface area (Å²) in [6.07, 6.45) is 5.26. The summed E-state index contributed by atoms with van der Waals surface area (Å²) < 4.78 is 11.0. The minimum Gasteiger partial charge on any atom is -0.516 e. The maximum Gasteiger partial charge on any atom is 0.339 e. The zero-order valence-corrected chi connectivity index (χ0v) is 16.6. The van der Waals surface area contributed by atoms with E-state index in [4.69, 9.17) is 9.16 Å². The van der Waals surface area contributed by atoms with Crippen LogP contribution in [0.2, 0.25) is 19.6 Å². The lowest BCUT2D eigenvalue weighted by atomic mass is 10.1. The van der Waals surface area contributed by atoms with Crippen molar-refractivity contribution in [3.63, 3.8) is 0 Å². The van der Waals surface area contributed by atoms with Gasteiger partial charge in [-0.3, -0.25) is 0 Å². The van der Waals surface area contributed by atoms with Crippen molar-refractivity contribution in [3.8, 4) is 0 Å². The first kappa shape index (κ1) is 20.4. The Morgan fingerprint density at radius 1 is 1.00 bits per heavy atom. The SMILES string of the molecule is CCCCCCC(C)OC(=O)c1ccccc1C(=O)O[Si](C)(C)C. The summed E-state index contributed by atoms with van der Waals surface area (Å²) in [6, 6.07) is 6.69. The van der Waals surface area contributed by atoms with Gasteiger partial charge in [-0.05, 0) is 51.5 Å². The summed E-state index contributed by atoms with van der Waals surface area (Å²) in [5, 5.41) is 0. The van der Waals surface area contributed by atoms with Crippen LogP contribution in [0.25, 0.3) is 0 Å². The highest BCUT2D eigenvalue weighted by Crippen LogP contribution is 2.17. The van der Waals surface area contributed by atoms with Gasteiger partial charge < -0.3 is 9.16 Å². The van der Waals surface area contributed by atoms with Crippen LogP contribution in [0.15, 0.2) is 24.3 Å². The molecule has 0 amide bonds. The van der Waals surface area contributed by atoms with Crippen molar-refractivity contribution in [2.24, 2.45) is 0 Å². The molecule has 1 rings (SSSR count). The molecule has 0 aliphatic carbocycles. The summed E-state index contributed by atoms with van der Waals surface area (Å²) in [4.78, 5) is 24.7. The standard InChI is InChI=1S/C19H30O4Si/c1-6-7-8-9-12-15(2)22-18(20)16-13-10-11-14-17(16)19(21)23-24(3,4)5/h10-11,13-15H,6-9,12H2,1-5H3. The van der Waals surface area contributed by atoms with Crippen LogP contribution in [-0.2, 0) is 9.16 Å². The van der Waals surface area contributed by atoms with Crippen LogP contribution in [0.4, 0.5) is 0 Å². The molecule has 1 aromatic rings. The van der Waals surface area contributed by atoms with E-state index in [0.29, 0.717) is 0 Å². The van der Waals surface area contributed by atoms with Crippen molar-refractivity contribution in [1.29, 1.82) is 0 Å². The highest BCUT2D eigenvalue weighted by atomic mass is 28.4. The van der Waals surface area contributed by atoms with Gasteiger partial charge in [0.25, 0.3) is 0 Å². The minimum atomic E-state index is -2.02.